The zero-order chi connectivity index (χ0) is 43.2. The molecule has 3 rings (SSSR count). The summed E-state index contributed by atoms with van der Waals surface area (Å²) in [6.07, 6.45) is 8.28. The summed E-state index contributed by atoms with van der Waals surface area (Å²) in [7, 11) is 1.91. The number of Topliss-reactive ketones (excluding diaryl/α,β-unsaturated/α-hetero) is 1. The van der Waals surface area contributed by atoms with Gasteiger partial charge in [0, 0.05) is 6.42 Å². The number of ketones is 1. The third-order valence-corrected chi connectivity index (χ3v) is 9.89. The van der Waals surface area contributed by atoms with Crippen LogP contribution in [-0.2, 0) is 44.7 Å². The highest BCUT2D eigenvalue weighted by atomic mass is 16.6. The van der Waals surface area contributed by atoms with E-state index in [-0.39, 0.29) is 18.8 Å². The molecule has 15 nitrogen and oxygen atoms in total. The van der Waals surface area contributed by atoms with Gasteiger partial charge in [0.2, 0.25) is 29.9 Å². The van der Waals surface area contributed by atoms with Crippen LogP contribution < -0.4 is 36.6 Å². The van der Waals surface area contributed by atoms with Crippen molar-refractivity contribution in [2.45, 2.75) is 128 Å². The second-order valence-electron chi connectivity index (χ2n) is 15.9. The van der Waals surface area contributed by atoms with E-state index in [1.807, 2.05) is 13.1 Å². The van der Waals surface area contributed by atoms with Crippen LogP contribution in [0.15, 0.2) is 54.6 Å². The van der Waals surface area contributed by atoms with Gasteiger partial charge in [0.05, 0.1) is 19.2 Å². The maximum absolute atomic E-state index is 14.1. The van der Waals surface area contributed by atoms with Crippen LogP contribution in [0.5, 0.6) is 5.75 Å². The van der Waals surface area contributed by atoms with Crippen molar-refractivity contribution in [1.29, 1.82) is 0 Å². The van der Waals surface area contributed by atoms with Gasteiger partial charge in [-0.1, -0.05) is 75.1 Å². The minimum Gasteiger partial charge on any atom is -0.494 e. The summed E-state index contributed by atoms with van der Waals surface area (Å²) < 4.78 is 11.5. The lowest BCUT2D eigenvalue weighted by atomic mass is 9.83. The monoisotopic (exact) mass is 820 g/mol. The van der Waals surface area contributed by atoms with Gasteiger partial charge in [-0.2, -0.15) is 0 Å². The Labute approximate surface area is 348 Å². The number of nitrogens with one attached hydrogen (secondary N) is 6. The minimum absolute atomic E-state index is 0.0229. The van der Waals surface area contributed by atoms with Crippen molar-refractivity contribution in [3.63, 3.8) is 0 Å². The van der Waals surface area contributed by atoms with E-state index >= 15 is 0 Å². The summed E-state index contributed by atoms with van der Waals surface area (Å²) in [4.78, 5) is 92.2. The zero-order valence-electron chi connectivity index (χ0n) is 35.2. The Morgan fingerprint density at radius 1 is 0.847 bits per heavy atom. The van der Waals surface area contributed by atoms with E-state index in [1.54, 1.807) is 76.2 Å². The van der Waals surface area contributed by atoms with Gasteiger partial charge < -0.3 is 41.4 Å². The maximum Gasteiger partial charge on any atom is 0.333 e. The van der Waals surface area contributed by atoms with Crippen molar-refractivity contribution in [2.24, 2.45) is 5.92 Å². The molecule has 0 heterocycles. The van der Waals surface area contributed by atoms with Gasteiger partial charge in [-0.05, 0) is 102 Å². The van der Waals surface area contributed by atoms with E-state index in [2.05, 4.69) is 31.9 Å². The third-order valence-electron chi connectivity index (χ3n) is 9.89. The number of carbonyl (C=O) groups is 7. The number of carbonyl (C=O) groups excluding carboxylic acids is 7. The lowest BCUT2D eigenvalue weighted by molar-refractivity contribution is -0.158. The van der Waals surface area contributed by atoms with Crippen molar-refractivity contribution in [2.75, 3.05) is 26.7 Å². The molecule has 0 spiro atoms. The molecule has 59 heavy (non-hydrogen) atoms. The first-order valence-electron chi connectivity index (χ1n) is 20.8. The van der Waals surface area contributed by atoms with Crippen molar-refractivity contribution in [1.82, 2.24) is 31.9 Å². The first-order valence-corrected chi connectivity index (χ1v) is 20.8. The molecule has 1 saturated carbocycles. The number of hydrogen-bond acceptors (Lipinski definition) is 10. The molecule has 2 aromatic rings. The van der Waals surface area contributed by atoms with E-state index in [0.717, 1.165) is 57.9 Å². The summed E-state index contributed by atoms with van der Waals surface area (Å²) >= 11 is 0. The number of ether oxygens (including phenoxy) is 2. The van der Waals surface area contributed by atoms with Crippen LogP contribution >= 0.6 is 0 Å². The Morgan fingerprint density at radius 2 is 1.56 bits per heavy atom. The van der Waals surface area contributed by atoms with Crippen LogP contribution in [0.25, 0.3) is 0 Å². The van der Waals surface area contributed by atoms with Gasteiger partial charge >= 0.3 is 5.97 Å². The van der Waals surface area contributed by atoms with Gasteiger partial charge in [0.25, 0.3) is 5.91 Å². The van der Waals surface area contributed by atoms with Crippen molar-refractivity contribution < 1.29 is 43.0 Å². The minimum atomic E-state index is -1.28. The molecular formula is C44H64N6O9. The van der Waals surface area contributed by atoms with Crippen LogP contribution in [0.3, 0.4) is 0 Å². The number of hydrogen-bond donors (Lipinski definition) is 6. The van der Waals surface area contributed by atoms with Gasteiger partial charge in [0.1, 0.15) is 23.4 Å². The molecule has 0 saturated heterocycles. The van der Waals surface area contributed by atoms with Crippen LogP contribution in [0.4, 0.5) is 0 Å². The topological polar surface area (TPSA) is 210 Å². The average Bonchev–Trinajstić information content (AvgIpc) is 3.21. The van der Waals surface area contributed by atoms with Crippen molar-refractivity contribution in [3.8, 4) is 5.75 Å². The summed E-state index contributed by atoms with van der Waals surface area (Å²) in [5, 5.41) is 16.2. The number of unbranched alkanes of at least 4 members (excludes halogenated alkanes) is 2. The molecule has 2 aromatic carbocycles. The molecule has 1 fully saturated rings. The lowest BCUT2D eigenvalue weighted by Crippen LogP contribution is -2.58. The molecule has 1 aliphatic rings. The molecule has 1 aliphatic carbocycles. The van der Waals surface area contributed by atoms with E-state index in [0.29, 0.717) is 36.3 Å². The van der Waals surface area contributed by atoms with Crippen LogP contribution in [-0.4, -0.2) is 92.3 Å². The SMILES string of the molecule is CCCC(NC(=O)C(Cc1cccc(OCCCCCNC)c1)NC(=O)C(NC=O)C1CCCCC1)C(=O)C(=O)NCC(=O)NC(C(=O)OC(C)(C)C)c1ccccc1. The quantitative estimate of drug-likeness (QED) is 0.0373. The molecule has 0 aromatic heterocycles. The predicted octanol–water partition coefficient (Wildman–Crippen LogP) is 3.35. The first-order chi connectivity index (χ1) is 28.3. The molecule has 324 valence electrons. The van der Waals surface area contributed by atoms with Gasteiger partial charge in [0.15, 0.2) is 6.04 Å². The molecule has 15 heteroatoms. The van der Waals surface area contributed by atoms with Crippen LogP contribution in [0.2, 0.25) is 0 Å². The fourth-order valence-electron chi connectivity index (χ4n) is 6.94. The highest BCUT2D eigenvalue weighted by Crippen LogP contribution is 2.27. The largest absolute Gasteiger partial charge is 0.494 e. The normalized spacial score (nSPS) is 15.0. The van der Waals surface area contributed by atoms with Crippen LogP contribution in [0.1, 0.15) is 109 Å². The number of rotatable bonds is 25. The highest BCUT2D eigenvalue weighted by molar-refractivity contribution is 6.38. The fraction of sp³-hybridized carbons (Fsp3) is 0.568. The van der Waals surface area contributed by atoms with E-state index in [4.69, 9.17) is 9.47 Å². The highest BCUT2D eigenvalue weighted by Gasteiger charge is 2.35. The lowest BCUT2D eigenvalue weighted by Gasteiger charge is -2.30. The molecule has 5 amide bonds. The van der Waals surface area contributed by atoms with Gasteiger partial charge in [-0.25, -0.2) is 4.79 Å². The molecule has 6 N–H and O–H groups in total. The Bertz CT molecular complexity index is 1680. The fourth-order valence-corrected chi connectivity index (χ4v) is 6.94. The van der Waals surface area contributed by atoms with Gasteiger partial charge in [-0.15, -0.1) is 0 Å². The van der Waals surface area contributed by atoms with E-state index < -0.39 is 71.7 Å². The third kappa shape index (κ3) is 17.2. The number of esters is 1. The summed E-state index contributed by atoms with van der Waals surface area (Å²) in [6.45, 7) is 7.68. The molecule has 0 aliphatic heterocycles. The zero-order valence-corrected chi connectivity index (χ0v) is 35.2. The summed E-state index contributed by atoms with van der Waals surface area (Å²) in [6, 6.07) is 11.2. The van der Waals surface area contributed by atoms with Crippen molar-refractivity contribution >= 4 is 41.8 Å². The molecule has 4 unspecified atom stereocenters. The summed E-state index contributed by atoms with van der Waals surface area (Å²) in [5.41, 5.74) is 0.314. The molecular weight excluding hydrogens is 757 g/mol. The average molecular weight is 821 g/mol. The Morgan fingerprint density at radius 3 is 2.22 bits per heavy atom. The molecule has 0 bridgehead atoms. The Balaban J connectivity index is 1.75. The number of benzene rings is 2. The first kappa shape index (κ1) is 48.1. The second kappa shape index (κ2) is 25.2. The Hall–Kier alpha value is -5.31. The van der Waals surface area contributed by atoms with Crippen LogP contribution in [0, 0.1) is 5.92 Å². The predicted molar refractivity (Wildman–Crippen MR) is 223 cm³/mol. The van der Waals surface area contributed by atoms with E-state index in [1.165, 1.54) is 0 Å². The standard InChI is InChI=1S/C44H64N6O9/c1-6-17-34(39(53)42(56)46-28-36(52)50-38(32-21-12-8-13-22-32)43(57)59-44(2,3)4)48-40(54)35(49-41(55)37(47-29-51)31-19-10-7-11-20-31)27-30-18-16-23-33(26-30)58-25-15-9-14-24-45-5/h8,12-13,16,18,21-23,26,29,31,34-35,37-38,45H,6-7,9-11,14-15,17,19-20,24-25,27-28H2,1-5H3,(H,46,56)(H,47,51)(H,48,54)(H,49,55)(H,50,52). The van der Waals surface area contributed by atoms with Crippen molar-refractivity contribution in [3.05, 3.63) is 65.7 Å². The second-order valence-corrected chi connectivity index (χ2v) is 15.9. The number of amides is 5. The Kier molecular flexibility index (Phi) is 20.6. The molecule has 0 radical (unpaired) electrons. The van der Waals surface area contributed by atoms with E-state index in [9.17, 15) is 33.6 Å². The smallest absolute Gasteiger partial charge is 0.333 e. The summed E-state index contributed by atoms with van der Waals surface area (Å²) in [5.74, 6) is -4.29. The van der Waals surface area contributed by atoms with Gasteiger partial charge in [-0.3, -0.25) is 28.8 Å². The maximum atomic E-state index is 14.1. The molecule has 4 atom stereocenters.